The van der Waals surface area contributed by atoms with Crippen molar-refractivity contribution in [2.45, 2.75) is 50.8 Å². The van der Waals surface area contributed by atoms with Crippen molar-refractivity contribution in [1.82, 2.24) is 15.0 Å². The summed E-state index contributed by atoms with van der Waals surface area (Å²) in [6.07, 6.45) is 3.52. The molecule has 1 amide bonds. The molecule has 0 aliphatic rings. The fraction of sp³-hybridized carbons (Fsp3) is 0.312. The van der Waals surface area contributed by atoms with E-state index in [4.69, 9.17) is 18.9 Å². The van der Waals surface area contributed by atoms with Gasteiger partial charge in [0.05, 0.1) is 12.0 Å². The number of rotatable bonds is 13. The lowest BCUT2D eigenvalue weighted by atomic mass is 9.87. The predicted molar refractivity (Wildman–Crippen MR) is 170 cm³/mol. The van der Waals surface area contributed by atoms with Crippen LogP contribution in [0.25, 0.3) is 0 Å². The number of carbonyl (C=O) groups is 1. The monoisotopic (exact) mass is 635 g/mol. The first kappa shape index (κ1) is 33.0. The Hall–Kier alpha value is -4.91. The molecule has 13 heteroatoms. The summed E-state index contributed by atoms with van der Waals surface area (Å²) in [5.41, 5.74) is 1.36. The summed E-state index contributed by atoms with van der Waals surface area (Å²) in [6, 6.07) is 16.7. The first-order valence-corrected chi connectivity index (χ1v) is 15.8. The molecule has 2 N–H and O–H groups in total. The first-order valence-electron chi connectivity index (χ1n) is 14.3. The Morgan fingerprint density at radius 3 is 2.24 bits per heavy atom. The number of aromatic nitrogens is 3. The number of aryl methyl sites for hydroxylation is 1. The molecule has 2 aromatic carbocycles. The van der Waals surface area contributed by atoms with Gasteiger partial charge in [0, 0.05) is 24.5 Å². The molecule has 2 heterocycles. The second-order valence-corrected chi connectivity index (χ2v) is 12.5. The highest BCUT2D eigenvalue weighted by Gasteiger charge is 2.25. The quantitative estimate of drug-likeness (QED) is 0.159. The zero-order valence-corrected chi connectivity index (χ0v) is 26.7. The predicted octanol–water partition coefficient (Wildman–Crippen LogP) is 6.35. The van der Waals surface area contributed by atoms with Crippen molar-refractivity contribution in [2.75, 3.05) is 30.4 Å². The fourth-order valence-corrected chi connectivity index (χ4v) is 5.07. The molecular weight excluding hydrogens is 598 g/mol. The largest absolute Gasteiger partial charge is 0.493 e. The van der Waals surface area contributed by atoms with Crippen LogP contribution in [-0.2, 0) is 26.6 Å². The van der Waals surface area contributed by atoms with Crippen LogP contribution in [0.5, 0.6) is 23.1 Å². The molecule has 0 bridgehead atoms. The summed E-state index contributed by atoms with van der Waals surface area (Å²) < 4.78 is 52.5. The van der Waals surface area contributed by atoms with Crippen LogP contribution >= 0.6 is 0 Å². The van der Waals surface area contributed by atoms with E-state index in [1.54, 1.807) is 60.7 Å². The molecule has 0 aliphatic heterocycles. The Kier molecular flexibility index (Phi) is 10.8. The number of nitrogens with one attached hydrogen (secondary N) is 2. The Bertz CT molecular complexity index is 1690. The van der Waals surface area contributed by atoms with Gasteiger partial charge in [-0.05, 0) is 53.8 Å². The normalized spacial score (nSPS) is 11.4. The second kappa shape index (κ2) is 14.7. The number of para-hydroxylation sites is 2. The lowest BCUT2D eigenvalue weighted by Crippen LogP contribution is -2.19. The van der Waals surface area contributed by atoms with Crippen LogP contribution in [0.3, 0.4) is 0 Å². The number of anilines is 2. The number of sulfonamides is 1. The minimum Gasteiger partial charge on any atom is -0.493 e. The van der Waals surface area contributed by atoms with E-state index in [9.17, 15) is 13.2 Å². The summed E-state index contributed by atoms with van der Waals surface area (Å²) in [6.45, 7) is 7.83. The third-order valence-electron chi connectivity index (χ3n) is 6.38. The van der Waals surface area contributed by atoms with Gasteiger partial charge in [-0.2, -0.15) is 4.98 Å². The fourth-order valence-electron chi connectivity index (χ4n) is 4.06. The van der Waals surface area contributed by atoms with Crippen molar-refractivity contribution in [3.63, 3.8) is 0 Å². The topological polar surface area (TPSA) is 151 Å². The van der Waals surface area contributed by atoms with Crippen LogP contribution in [0, 0.1) is 0 Å². The van der Waals surface area contributed by atoms with Gasteiger partial charge in [0.25, 0.3) is 15.9 Å². The maximum Gasteiger partial charge on any atom is 0.411 e. The molecule has 0 radical (unpaired) electrons. The van der Waals surface area contributed by atoms with E-state index in [0.717, 1.165) is 5.56 Å². The molecule has 4 rings (SSSR count). The zero-order chi connectivity index (χ0) is 32.5. The van der Waals surface area contributed by atoms with E-state index in [1.165, 1.54) is 19.5 Å². The summed E-state index contributed by atoms with van der Waals surface area (Å²) in [5, 5.41) is 2.59. The van der Waals surface area contributed by atoms with Crippen molar-refractivity contribution < 1.29 is 32.2 Å². The number of hydrogen-bond donors (Lipinski definition) is 2. The smallest absolute Gasteiger partial charge is 0.411 e. The van der Waals surface area contributed by atoms with Gasteiger partial charge in [0.15, 0.2) is 17.3 Å². The number of pyridine rings is 1. The number of amides is 1. The van der Waals surface area contributed by atoms with E-state index in [2.05, 4.69) is 25.0 Å². The number of nitrogens with zero attached hydrogens (tertiary/aromatic N) is 3. The van der Waals surface area contributed by atoms with E-state index >= 15 is 0 Å². The van der Waals surface area contributed by atoms with E-state index in [0.29, 0.717) is 30.1 Å². The lowest BCUT2D eigenvalue weighted by Gasteiger charge is -2.20. The molecule has 238 valence electrons. The highest BCUT2D eigenvalue weighted by atomic mass is 32.2. The summed E-state index contributed by atoms with van der Waals surface area (Å²) in [5.74, 6) is 0.750. The zero-order valence-electron chi connectivity index (χ0n) is 25.9. The molecule has 12 nitrogen and oxygen atoms in total. The third-order valence-corrected chi connectivity index (χ3v) is 7.73. The van der Waals surface area contributed by atoms with E-state index in [1.807, 2.05) is 27.7 Å². The Morgan fingerprint density at radius 1 is 0.911 bits per heavy atom. The minimum absolute atomic E-state index is 0.0433. The van der Waals surface area contributed by atoms with E-state index < -0.39 is 16.1 Å². The van der Waals surface area contributed by atoms with Crippen LogP contribution in [0.4, 0.5) is 16.3 Å². The standard InChI is InChI=1S/C32H37N5O7S/c1-6-9-27-35-29(37-45(39,40)24-14-12-22(13-15-24)32(2,3)4)28(44-26-11-8-7-10-25(26)41-5)30(36-27)42-20-21-43-31(38)34-23-16-18-33-19-17-23/h7-8,10-19H,6,9,20-21H2,1-5H3,(H,33,34,38)(H,35,36,37). The molecule has 0 unspecified atom stereocenters. The first-order chi connectivity index (χ1) is 21.5. The molecule has 0 aliphatic carbocycles. The highest BCUT2D eigenvalue weighted by Crippen LogP contribution is 2.40. The van der Waals surface area contributed by atoms with Gasteiger partial charge >= 0.3 is 6.09 Å². The summed E-state index contributed by atoms with van der Waals surface area (Å²) in [7, 11) is -2.62. The van der Waals surface area contributed by atoms with Gasteiger partial charge in [0.2, 0.25) is 5.75 Å². The Labute approximate surface area is 263 Å². The van der Waals surface area contributed by atoms with Crippen LogP contribution in [-0.4, -0.2) is 49.8 Å². The van der Waals surface area contributed by atoms with Crippen molar-refractivity contribution in [2.24, 2.45) is 0 Å². The second-order valence-electron chi connectivity index (χ2n) is 10.9. The number of methoxy groups -OCH3 is 1. The molecule has 0 spiro atoms. The van der Waals surface area contributed by atoms with Crippen LogP contribution in [0.1, 0.15) is 45.5 Å². The molecular formula is C32H37N5O7S. The molecule has 45 heavy (non-hydrogen) atoms. The van der Waals surface area contributed by atoms with Gasteiger partial charge in [-0.15, -0.1) is 0 Å². The van der Waals surface area contributed by atoms with Crippen LogP contribution in [0.15, 0.2) is 78.0 Å². The average Bonchev–Trinajstić information content (AvgIpc) is 3.01. The Balaban J connectivity index is 1.64. The summed E-state index contributed by atoms with van der Waals surface area (Å²) >= 11 is 0. The number of benzene rings is 2. The van der Waals surface area contributed by atoms with Crippen molar-refractivity contribution in [3.8, 4) is 23.1 Å². The molecule has 0 saturated heterocycles. The molecule has 0 saturated carbocycles. The lowest BCUT2D eigenvalue weighted by molar-refractivity contribution is 0.135. The van der Waals surface area contributed by atoms with Gasteiger partial charge in [-0.1, -0.05) is 52.0 Å². The Morgan fingerprint density at radius 2 is 1.60 bits per heavy atom. The van der Waals surface area contributed by atoms with Crippen LogP contribution in [0.2, 0.25) is 0 Å². The maximum atomic E-state index is 13.6. The summed E-state index contributed by atoms with van der Waals surface area (Å²) in [4.78, 5) is 25.2. The third kappa shape index (κ3) is 9.05. The SMILES string of the molecule is CCCc1nc(NS(=O)(=O)c2ccc(C(C)(C)C)cc2)c(Oc2ccccc2OC)c(OCCOC(=O)Nc2ccncc2)n1. The number of hydrogen-bond acceptors (Lipinski definition) is 10. The number of carbonyl (C=O) groups excluding carboxylic acids is 1. The highest BCUT2D eigenvalue weighted by molar-refractivity contribution is 7.92. The molecule has 2 aromatic heterocycles. The van der Waals surface area contributed by atoms with Crippen LogP contribution < -0.4 is 24.2 Å². The maximum absolute atomic E-state index is 13.6. The van der Waals surface area contributed by atoms with Gasteiger partial charge in [-0.3, -0.25) is 15.0 Å². The minimum atomic E-state index is -4.11. The molecule has 0 atom stereocenters. The van der Waals surface area contributed by atoms with Gasteiger partial charge in [0.1, 0.15) is 19.0 Å². The van der Waals surface area contributed by atoms with Crippen molar-refractivity contribution in [3.05, 3.63) is 84.4 Å². The van der Waals surface area contributed by atoms with Gasteiger partial charge < -0.3 is 18.9 Å². The molecule has 0 fully saturated rings. The van der Waals surface area contributed by atoms with Gasteiger partial charge in [-0.25, -0.2) is 18.2 Å². The van der Waals surface area contributed by atoms with E-state index in [-0.39, 0.29) is 46.7 Å². The average molecular weight is 636 g/mol. The number of ether oxygens (including phenoxy) is 4. The molecule has 4 aromatic rings. The van der Waals surface area contributed by atoms with Crippen molar-refractivity contribution >= 4 is 27.6 Å². The van der Waals surface area contributed by atoms with Crippen molar-refractivity contribution in [1.29, 1.82) is 0 Å².